The summed E-state index contributed by atoms with van der Waals surface area (Å²) in [6, 6.07) is 3.55. The van der Waals surface area contributed by atoms with E-state index in [4.69, 9.17) is 9.47 Å². The summed E-state index contributed by atoms with van der Waals surface area (Å²) in [6.45, 7) is 0.761. The molecule has 0 aromatic heterocycles. The molecule has 1 aromatic rings. The molecule has 1 unspecified atom stereocenters. The van der Waals surface area contributed by atoms with E-state index >= 15 is 0 Å². The highest BCUT2D eigenvalue weighted by Crippen LogP contribution is 2.41. The van der Waals surface area contributed by atoms with Crippen molar-refractivity contribution in [2.75, 3.05) is 13.3 Å². The van der Waals surface area contributed by atoms with Crippen molar-refractivity contribution in [1.82, 2.24) is 5.32 Å². The lowest BCUT2D eigenvalue weighted by Crippen LogP contribution is -2.38. The van der Waals surface area contributed by atoms with Crippen LogP contribution in [0.1, 0.15) is 18.4 Å². The quantitative estimate of drug-likeness (QED) is 0.861. The highest BCUT2D eigenvalue weighted by Gasteiger charge is 2.43. The molecule has 0 saturated carbocycles. The normalized spacial score (nSPS) is 23.1. The van der Waals surface area contributed by atoms with Crippen molar-refractivity contribution in [2.45, 2.75) is 24.8 Å². The van der Waals surface area contributed by atoms with Gasteiger partial charge in [-0.25, -0.2) is 0 Å². The van der Waals surface area contributed by atoms with Crippen LogP contribution in [0, 0.1) is 0 Å². The minimum absolute atomic E-state index is 0.0128. The summed E-state index contributed by atoms with van der Waals surface area (Å²) in [4.78, 5) is 0. The number of hydrogen-bond donors (Lipinski definition) is 1. The largest absolute Gasteiger partial charge is 0.454 e. The third-order valence-corrected chi connectivity index (χ3v) is 3.26. The molecule has 0 amide bonds. The molecule has 1 saturated heterocycles. The Hall–Kier alpha value is -1.36. The molecular formula is C12H13F2NO2. The molecule has 5 heteroatoms. The van der Waals surface area contributed by atoms with Gasteiger partial charge < -0.3 is 14.8 Å². The van der Waals surface area contributed by atoms with E-state index in [0.717, 1.165) is 6.42 Å². The summed E-state index contributed by atoms with van der Waals surface area (Å²) in [5.74, 6) is -1.93. The first-order valence-corrected chi connectivity index (χ1v) is 5.69. The Kier molecular flexibility index (Phi) is 2.43. The van der Waals surface area contributed by atoms with E-state index in [-0.39, 0.29) is 12.4 Å². The molecule has 2 aliphatic heterocycles. The van der Waals surface area contributed by atoms with Crippen LogP contribution >= 0.6 is 0 Å². The molecule has 0 bridgehead atoms. The molecule has 1 aromatic carbocycles. The van der Waals surface area contributed by atoms with Crippen LogP contribution in [0.2, 0.25) is 0 Å². The molecular weight excluding hydrogens is 228 g/mol. The summed E-state index contributed by atoms with van der Waals surface area (Å²) < 4.78 is 38.6. The van der Waals surface area contributed by atoms with E-state index in [9.17, 15) is 8.78 Å². The molecule has 0 spiro atoms. The van der Waals surface area contributed by atoms with Crippen LogP contribution in [0.3, 0.4) is 0 Å². The zero-order chi connectivity index (χ0) is 11.9. The van der Waals surface area contributed by atoms with Crippen LogP contribution < -0.4 is 14.8 Å². The molecule has 3 nitrogen and oxygen atoms in total. The Labute approximate surface area is 97.7 Å². The lowest BCUT2D eigenvalue weighted by Gasteiger charge is -2.23. The summed E-state index contributed by atoms with van der Waals surface area (Å²) >= 11 is 0. The number of rotatable bonds is 2. The number of benzene rings is 1. The van der Waals surface area contributed by atoms with Gasteiger partial charge >= 0.3 is 0 Å². The Bertz CT molecular complexity index is 431. The Morgan fingerprint density at radius 1 is 1.24 bits per heavy atom. The first-order chi connectivity index (χ1) is 8.18. The summed E-state index contributed by atoms with van der Waals surface area (Å²) in [6.07, 6.45) is 1.30. The smallest absolute Gasteiger partial charge is 0.288 e. The lowest BCUT2D eigenvalue weighted by atomic mass is 9.99. The molecule has 2 aliphatic rings. The molecule has 3 rings (SSSR count). The Morgan fingerprint density at radius 2 is 2.06 bits per heavy atom. The van der Waals surface area contributed by atoms with Crippen molar-refractivity contribution < 1.29 is 18.3 Å². The maximum atomic E-state index is 14.2. The van der Waals surface area contributed by atoms with Crippen molar-refractivity contribution in [3.8, 4) is 11.5 Å². The fourth-order valence-corrected chi connectivity index (χ4v) is 2.30. The maximum absolute atomic E-state index is 14.2. The molecule has 17 heavy (non-hydrogen) atoms. The second kappa shape index (κ2) is 3.84. The van der Waals surface area contributed by atoms with Gasteiger partial charge in [0, 0.05) is 5.56 Å². The van der Waals surface area contributed by atoms with E-state index in [1.54, 1.807) is 6.07 Å². The number of nitrogens with one attached hydrogen (secondary N) is 1. The predicted molar refractivity (Wildman–Crippen MR) is 57.5 cm³/mol. The van der Waals surface area contributed by atoms with Gasteiger partial charge in [0.15, 0.2) is 11.5 Å². The molecule has 92 valence electrons. The van der Waals surface area contributed by atoms with Gasteiger partial charge in [0.2, 0.25) is 6.79 Å². The highest BCUT2D eigenvalue weighted by atomic mass is 19.3. The third-order valence-electron chi connectivity index (χ3n) is 3.26. The molecule has 0 radical (unpaired) electrons. The van der Waals surface area contributed by atoms with Crippen LogP contribution in [-0.4, -0.2) is 19.4 Å². The second-order valence-corrected chi connectivity index (χ2v) is 4.34. The van der Waals surface area contributed by atoms with Gasteiger partial charge in [0.1, 0.15) is 0 Å². The average molecular weight is 241 g/mol. The zero-order valence-electron chi connectivity index (χ0n) is 9.21. The van der Waals surface area contributed by atoms with Gasteiger partial charge in [-0.3, -0.25) is 0 Å². The van der Waals surface area contributed by atoms with Crippen LogP contribution in [0.25, 0.3) is 0 Å². The summed E-state index contributed by atoms with van der Waals surface area (Å²) in [5.41, 5.74) is -0.0128. The summed E-state index contributed by atoms with van der Waals surface area (Å²) in [5, 5.41) is 2.84. The monoisotopic (exact) mass is 241 g/mol. The first-order valence-electron chi connectivity index (χ1n) is 5.69. The Balaban J connectivity index is 1.92. The van der Waals surface area contributed by atoms with Crippen LogP contribution in [0.15, 0.2) is 18.2 Å². The van der Waals surface area contributed by atoms with Crippen molar-refractivity contribution in [2.24, 2.45) is 0 Å². The van der Waals surface area contributed by atoms with Crippen molar-refractivity contribution in [3.05, 3.63) is 23.8 Å². The number of fused-ring (bicyclic) bond motifs is 1. The standard InChI is InChI=1S/C12H13F2NO2/c13-12(14,11-2-1-5-15-11)8-3-4-9-10(6-8)17-7-16-9/h3-4,6,11,15H,1-2,5,7H2. The van der Waals surface area contributed by atoms with E-state index in [0.29, 0.717) is 24.5 Å². The zero-order valence-corrected chi connectivity index (χ0v) is 9.21. The lowest BCUT2D eigenvalue weighted by molar-refractivity contribution is -0.0377. The first kappa shape index (κ1) is 10.8. The van der Waals surface area contributed by atoms with Gasteiger partial charge in [0.05, 0.1) is 6.04 Å². The minimum Gasteiger partial charge on any atom is -0.454 e. The van der Waals surface area contributed by atoms with E-state index in [1.165, 1.54) is 12.1 Å². The number of hydrogen-bond acceptors (Lipinski definition) is 3. The highest BCUT2D eigenvalue weighted by molar-refractivity contribution is 5.46. The van der Waals surface area contributed by atoms with Gasteiger partial charge in [-0.15, -0.1) is 0 Å². The van der Waals surface area contributed by atoms with E-state index < -0.39 is 12.0 Å². The van der Waals surface area contributed by atoms with Gasteiger partial charge in [-0.2, -0.15) is 8.78 Å². The van der Waals surface area contributed by atoms with E-state index in [2.05, 4.69) is 5.32 Å². The minimum atomic E-state index is -2.86. The number of halogens is 2. The van der Waals surface area contributed by atoms with E-state index in [1.807, 2.05) is 0 Å². The Morgan fingerprint density at radius 3 is 2.82 bits per heavy atom. The fraction of sp³-hybridized carbons (Fsp3) is 0.500. The number of alkyl halides is 2. The summed E-state index contributed by atoms with van der Waals surface area (Å²) in [7, 11) is 0. The van der Waals surface area contributed by atoms with Gasteiger partial charge in [-0.05, 0) is 37.6 Å². The second-order valence-electron chi connectivity index (χ2n) is 4.34. The van der Waals surface area contributed by atoms with Crippen LogP contribution in [0.5, 0.6) is 11.5 Å². The topological polar surface area (TPSA) is 30.5 Å². The third kappa shape index (κ3) is 1.74. The molecule has 1 N–H and O–H groups in total. The van der Waals surface area contributed by atoms with Crippen molar-refractivity contribution >= 4 is 0 Å². The van der Waals surface area contributed by atoms with Crippen molar-refractivity contribution in [1.29, 1.82) is 0 Å². The fourth-order valence-electron chi connectivity index (χ4n) is 2.30. The molecule has 1 atom stereocenters. The van der Waals surface area contributed by atoms with Gasteiger partial charge in [0.25, 0.3) is 5.92 Å². The van der Waals surface area contributed by atoms with Crippen LogP contribution in [-0.2, 0) is 5.92 Å². The van der Waals surface area contributed by atoms with Crippen LogP contribution in [0.4, 0.5) is 8.78 Å². The SMILES string of the molecule is FC(F)(c1ccc2c(c1)OCO2)C1CCCN1. The molecule has 0 aliphatic carbocycles. The molecule has 1 fully saturated rings. The predicted octanol–water partition coefficient (Wildman–Crippen LogP) is 2.26. The average Bonchev–Trinajstić information content (AvgIpc) is 2.99. The molecule has 2 heterocycles. The van der Waals surface area contributed by atoms with Gasteiger partial charge in [-0.1, -0.05) is 0 Å². The maximum Gasteiger partial charge on any atom is 0.288 e. The van der Waals surface area contributed by atoms with Crippen molar-refractivity contribution in [3.63, 3.8) is 0 Å². The number of ether oxygens (including phenoxy) is 2.